The normalized spacial score (nSPS) is 23.7. The van der Waals surface area contributed by atoms with Gasteiger partial charge in [0.2, 0.25) is 0 Å². The van der Waals surface area contributed by atoms with E-state index in [0.29, 0.717) is 10.9 Å². The number of fused-ring (bicyclic) bond motifs is 5. The van der Waals surface area contributed by atoms with E-state index in [1.807, 2.05) is 36.4 Å². The monoisotopic (exact) mass is 372 g/mol. The zero-order chi connectivity index (χ0) is 18.3. The first-order chi connectivity index (χ1) is 12.6. The fourth-order valence-electron chi connectivity index (χ4n) is 3.95. The number of piperidine rings is 1. The van der Waals surface area contributed by atoms with E-state index in [4.69, 9.17) is 21.1 Å². The molecule has 5 nitrogen and oxygen atoms in total. The van der Waals surface area contributed by atoms with E-state index >= 15 is 0 Å². The minimum atomic E-state index is -0.419. The molecule has 3 atom stereocenters. The van der Waals surface area contributed by atoms with E-state index in [0.717, 1.165) is 35.7 Å². The van der Waals surface area contributed by atoms with E-state index < -0.39 is 6.09 Å². The van der Waals surface area contributed by atoms with Crippen LogP contribution in [0, 0.1) is 5.92 Å². The number of ether oxygens (including phenoxy) is 2. The minimum absolute atomic E-state index is 0.0613. The van der Waals surface area contributed by atoms with Crippen LogP contribution in [-0.2, 0) is 4.74 Å². The fourth-order valence-corrected chi connectivity index (χ4v) is 4.12. The van der Waals surface area contributed by atoms with Crippen molar-refractivity contribution in [2.45, 2.75) is 25.4 Å². The number of carbonyl (C=O) groups excluding carboxylic acids is 1. The molecule has 1 N–H and O–H groups in total. The number of rotatable bonds is 1. The Hall–Kier alpha value is -2.40. The SMILES string of the molecule is COC(=O)N[C@@H]1[C@H](C)CCN2c3cc(Cl)ccc3Oc3ccccc3[C@H]12. The predicted octanol–water partition coefficient (Wildman–Crippen LogP) is 4.76. The number of nitrogens with one attached hydrogen (secondary N) is 1. The van der Waals surface area contributed by atoms with E-state index in [1.54, 1.807) is 0 Å². The van der Waals surface area contributed by atoms with Crippen LogP contribution in [-0.4, -0.2) is 25.8 Å². The fraction of sp³-hybridized carbons (Fsp3) is 0.350. The molecule has 4 rings (SSSR count). The molecular weight excluding hydrogens is 352 g/mol. The summed E-state index contributed by atoms with van der Waals surface area (Å²) in [5.74, 6) is 1.87. The lowest BCUT2D eigenvalue weighted by Crippen LogP contribution is -2.53. The van der Waals surface area contributed by atoms with Gasteiger partial charge in [-0.25, -0.2) is 4.79 Å². The van der Waals surface area contributed by atoms with Gasteiger partial charge in [-0.15, -0.1) is 0 Å². The van der Waals surface area contributed by atoms with Gasteiger partial charge >= 0.3 is 6.09 Å². The molecule has 0 unspecified atom stereocenters. The highest BCUT2D eigenvalue weighted by molar-refractivity contribution is 6.31. The standard InChI is InChI=1S/C20H21ClN2O3/c1-12-9-10-23-15-11-13(21)7-8-17(15)26-16-6-4-3-5-14(16)19(23)18(12)22-20(24)25-2/h3-8,11-12,18-19H,9-10H2,1-2H3,(H,22,24)/t12-,18-,19-/m1/s1. The quantitative estimate of drug-likeness (QED) is 0.784. The summed E-state index contributed by atoms with van der Waals surface area (Å²) < 4.78 is 11.1. The molecule has 1 saturated heterocycles. The van der Waals surface area contributed by atoms with Crippen LogP contribution in [0.15, 0.2) is 42.5 Å². The van der Waals surface area contributed by atoms with Gasteiger partial charge in [0.05, 0.1) is 24.9 Å². The summed E-state index contributed by atoms with van der Waals surface area (Å²) in [5, 5.41) is 3.70. The Balaban J connectivity index is 1.87. The summed E-state index contributed by atoms with van der Waals surface area (Å²) >= 11 is 6.27. The molecule has 2 aliphatic rings. The molecule has 6 heteroatoms. The number of hydrogen-bond acceptors (Lipinski definition) is 4. The van der Waals surface area contributed by atoms with Crippen LogP contribution >= 0.6 is 11.6 Å². The van der Waals surface area contributed by atoms with Gasteiger partial charge in [0.15, 0.2) is 5.75 Å². The highest BCUT2D eigenvalue weighted by atomic mass is 35.5. The lowest BCUT2D eigenvalue weighted by molar-refractivity contribution is 0.154. The number of hydrogen-bond donors (Lipinski definition) is 1. The number of benzene rings is 2. The predicted molar refractivity (Wildman–Crippen MR) is 101 cm³/mol. The molecular formula is C20H21ClN2O3. The summed E-state index contributed by atoms with van der Waals surface area (Å²) in [5.41, 5.74) is 2.00. The van der Waals surface area contributed by atoms with Gasteiger partial charge in [-0.2, -0.15) is 0 Å². The van der Waals surface area contributed by atoms with Gasteiger partial charge in [0, 0.05) is 17.1 Å². The minimum Gasteiger partial charge on any atom is -0.455 e. The van der Waals surface area contributed by atoms with E-state index in [-0.39, 0.29) is 12.1 Å². The summed E-state index contributed by atoms with van der Waals surface area (Å²) in [4.78, 5) is 14.3. The molecule has 1 amide bonds. The second-order valence-electron chi connectivity index (χ2n) is 6.82. The third-order valence-corrected chi connectivity index (χ3v) is 5.51. The molecule has 1 fully saturated rings. The first kappa shape index (κ1) is 17.0. The van der Waals surface area contributed by atoms with Gasteiger partial charge in [-0.3, -0.25) is 0 Å². The van der Waals surface area contributed by atoms with Crippen molar-refractivity contribution in [1.29, 1.82) is 0 Å². The molecule has 0 radical (unpaired) electrons. The number of para-hydroxylation sites is 1. The van der Waals surface area contributed by atoms with E-state index in [9.17, 15) is 4.79 Å². The van der Waals surface area contributed by atoms with Crippen LogP contribution in [0.2, 0.25) is 5.02 Å². The van der Waals surface area contributed by atoms with Crippen molar-refractivity contribution in [2.24, 2.45) is 5.92 Å². The summed E-state index contributed by atoms with van der Waals surface area (Å²) in [6.45, 7) is 3.02. The highest BCUT2D eigenvalue weighted by Gasteiger charge is 2.42. The molecule has 0 aromatic heterocycles. The van der Waals surface area contributed by atoms with Crippen LogP contribution in [0.1, 0.15) is 24.9 Å². The third-order valence-electron chi connectivity index (χ3n) is 5.27. The van der Waals surface area contributed by atoms with Gasteiger partial charge in [0.25, 0.3) is 0 Å². The second-order valence-corrected chi connectivity index (χ2v) is 7.25. The van der Waals surface area contributed by atoms with Crippen LogP contribution in [0.4, 0.5) is 10.5 Å². The maximum atomic E-state index is 12.0. The van der Waals surface area contributed by atoms with Gasteiger partial charge < -0.3 is 19.7 Å². The summed E-state index contributed by atoms with van der Waals surface area (Å²) in [7, 11) is 1.39. The number of nitrogens with zero attached hydrogens (tertiary/aromatic N) is 1. The Labute approximate surface area is 157 Å². The molecule has 0 spiro atoms. The maximum Gasteiger partial charge on any atom is 0.407 e. The first-order valence-corrected chi connectivity index (χ1v) is 9.13. The topological polar surface area (TPSA) is 50.8 Å². The van der Waals surface area contributed by atoms with Crippen molar-refractivity contribution in [3.8, 4) is 11.5 Å². The smallest absolute Gasteiger partial charge is 0.407 e. The number of methoxy groups -OCH3 is 1. The van der Waals surface area contributed by atoms with Crippen molar-refractivity contribution < 1.29 is 14.3 Å². The van der Waals surface area contributed by atoms with Crippen molar-refractivity contribution in [1.82, 2.24) is 5.32 Å². The van der Waals surface area contributed by atoms with E-state index in [2.05, 4.69) is 23.2 Å². The number of carbonyl (C=O) groups is 1. The van der Waals surface area contributed by atoms with E-state index in [1.165, 1.54) is 7.11 Å². The zero-order valence-electron chi connectivity index (χ0n) is 14.7. The Morgan fingerprint density at radius 1 is 1.27 bits per heavy atom. The Morgan fingerprint density at radius 2 is 2.08 bits per heavy atom. The molecule has 2 aromatic carbocycles. The Kier molecular flexibility index (Phi) is 4.41. The van der Waals surface area contributed by atoms with Crippen LogP contribution < -0.4 is 15.0 Å². The van der Waals surface area contributed by atoms with Crippen LogP contribution in [0.3, 0.4) is 0 Å². The first-order valence-electron chi connectivity index (χ1n) is 8.76. The third kappa shape index (κ3) is 2.86. The van der Waals surface area contributed by atoms with Crippen molar-refractivity contribution in [3.63, 3.8) is 0 Å². The lowest BCUT2D eigenvalue weighted by atomic mass is 9.82. The Bertz CT molecular complexity index is 842. The Morgan fingerprint density at radius 3 is 2.88 bits per heavy atom. The second kappa shape index (κ2) is 6.72. The number of halogens is 1. The molecule has 136 valence electrons. The van der Waals surface area contributed by atoms with Crippen LogP contribution in [0.25, 0.3) is 0 Å². The largest absolute Gasteiger partial charge is 0.455 e. The zero-order valence-corrected chi connectivity index (χ0v) is 15.5. The molecule has 0 saturated carbocycles. The maximum absolute atomic E-state index is 12.0. The highest BCUT2D eigenvalue weighted by Crippen LogP contribution is 2.49. The summed E-state index contributed by atoms with van der Waals surface area (Å²) in [6.07, 6.45) is 0.525. The molecule has 2 aliphatic heterocycles. The van der Waals surface area contributed by atoms with Gasteiger partial charge in [-0.1, -0.05) is 36.7 Å². The number of alkyl carbamates (subject to hydrolysis) is 1. The molecule has 26 heavy (non-hydrogen) atoms. The van der Waals surface area contributed by atoms with Crippen molar-refractivity contribution >= 4 is 23.4 Å². The average molecular weight is 373 g/mol. The lowest BCUT2D eigenvalue weighted by Gasteiger charge is -2.45. The molecule has 2 aromatic rings. The number of anilines is 1. The molecule has 0 aliphatic carbocycles. The average Bonchev–Trinajstić information content (AvgIpc) is 2.78. The number of amides is 1. The summed E-state index contributed by atoms with van der Waals surface area (Å²) in [6, 6.07) is 13.5. The molecule has 0 bridgehead atoms. The van der Waals surface area contributed by atoms with Gasteiger partial charge in [0.1, 0.15) is 5.75 Å². The molecule has 2 heterocycles. The van der Waals surface area contributed by atoms with Crippen LogP contribution in [0.5, 0.6) is 11.5 Å². The van der Waals surface area contributed by atoms with Gasteiger partial charge in [-0.05, 0) is 36.6 Å². The van der Waals surface area contributed by atoms with Crippen molar-refractivity contribution in [3.05, 3.63) is 53.1 Å². The van der Waals surface area contributed by atoms with Crippen molar-refractivity contribution in [2.75, 3.05) is 18.6 Å².